The third-order valence-electron chi connectivity index (χ3n) is 2.78. The van der Waals surface area contributed by atoms with Crippen LogP contribution in [0.1, 0.15) is 24.0 Å². The predicted octanol–water partition coefficient (Wildman–Crippen LogP) is 3.17. The van der Waals surface area contributed by atoms with Gasteiger partial charge in [-0.25, -0.2) is 9.18 Å². The topological polar surface area (TPSA) is 29.4 Å². The van der Waals surface area contributed by atoms with Crippen LogP contribution in [0.5, 0.6) is 0 Å². The predicted molar refractivity (Wildman–Crippen MR) is 50.4 cm³/mol. The van der Waals surface area contributed by atoms with Crippen LogP contribution in [0.3, 0.4) is 0 Å². The summed E-state index contributed by atoms with van der Waals surface area (Å²) in [4.78, 5) is 13.6. The lowest BCUT2D eigenvalue weighted by Crippen LogP contribution is -2.17. The summed E-state index contributed by atoms with van der Waals surface area (Å²) in [5.74, 6) is -1.35. The Kier molecular flexibility index (Phi) is 2.54. The van der Waals surface area contributed by atoms with E-state index in [-0.39, 0.29) is 5.56 Å². The SMILES string of the molecule is O=C=NC1(c2cccc(F)c2C(F)(F)F)CC1. The van der Waals surface area contributed by atoms with Crippen LogP contribution in [0.4, 0.5) is 17.6 Å². The lowest BCUT2D eigenvalue weighted by molar-refractivity contribution is -0.140. The smallest absolute Gasteiger partial charge is 0.211 e. The first kappa shape index (κ1) is 11.8. The minimum absolute atomic E-state index is 0.284. The van der Waals surface area contributed by atoms with Crippen molar-refractivity contribution in [3.8, 4) is 0 Å². The molecule has 0 heterocycles. The molecule has 1 aliphatic carbocycles. The van der Waals surface area contributed by atoms with Crippen LogP contribution in [0.25, 0.3) is 0 Å². The van der Waals surface area contributed by atoms with Gasteiger partial charge in [-0.15, -0.1) is 0 Å². The van der Waals surface area contributed by atoms with Crippen molar-refractivity contribution in [3.63, 3.8) is 0 Å². The van der Waals surface area contributed by atoms with Crippen molar-refractivity contribution in [1.82, 2.24) is 0 Å². The Bertz CT molecular complexity index is 499. The molecule has 0 amide bonds. The number of benzene rings is 1. The van der Waals surface area contributed by atoms with Crippen LogP contribution < -0.4 is 0 Å². The van der Waals surface area contributed by atoms with E-state index in [1.807, 2.05) is 0 Å². The molecule has 0 aliphatic heterocycles. The molecule has 1 aromatic carbocycles. The van der Waals surface area contributed by atoms with Gasteiger partial charge in [0, 0.05) is 0 Å². The number of rotatable bonds is 2. The molecule has 90 valence electrons. The van der Waals surface area contributed by atoms with E-state index in [0.717, 1.165) is 12.1 Å². The van der Waals surface area contributed by atoms with Crippen LogP contribution in [-0.2, 0) is 16.5 Å². The Balaban J connectivity index is 2.63. The van der Waals surface area contributed by atoms with Crippen molar-refractivity contribution < 1.29 is 22.4 Å². The van der Waals surface area contributed by atoms with Gasteiger partial charge in [-0.2, -0.15) is 18.2 Å². The molecule has 0 radical (unpaired) electrons. The van der Waals surface area contributed by atoms with Gasteiger partial charge in [0.25, 0.3) is 0 Å². The zero-order chi connectivity index (χ0) is 12.7. The van der Waals surface area contributed by atoms with E-state index < -0.39 is 23.1 Å². The fraction of sp³-hybridized carbons (Fsp3) is 0.364. The van der Waals surface area contributed by atoms with Crippen LogP contribution in [0.15, 0.2) is 23.2 Å². The average Bonchev–Trinajstić information content (AvgIpc) is 2.97. The highest BCUT2D eigenvalue weighted by Crippen LogP contribution is 2.53. The van der Waals surface area contributed by atoms with Crippen LogP contribution in [0, 0.1) is 5.82 Å². The molecular formula is C11H7F4NO. The molecule has 0 atom stereocenters. The molecule has 0 N–H and O–H groups in total. The van der Waals surface area contributed by atoms with Gasteiger partial charge in [0.05, 0.1) is 11.1 Å². The molecule has 0 aromatic heterocycles. The second kappa shape index (κ2) is 3.67. The zero-order valence-electron chi connectivity index (χ0n) is 8.51. The lowest BCUT2D eigenvalue weighted by Gasteiger charge is -2.17. The highest BCUT2D eigenvalue weighted by Gasteiger charge is 2.51. The number of hydrogen-bond donors (Lipinski definition) is 0. The minimum Gasteiger partial charge on any atom is -0.211 e. The first-order chi connectivity index (χ1) is 7.91. The second-order valence-corrected chi connectivity index (χ2v) is 3.89. The molecule has 2 rings (SSSR count). The monoisotopic (exact) mass is 245 g/mol. The van der Waals surface area contributed by atoms with Gasteiger partial charge in [-0.3, -0.25) is 0 Å². The first-order valence-corrected chi connectivity index (χ1v) is 4.86. The van der Waals surface area contributed by atoms with Crippen molar-refractivity contribution in [2.75, 3.05) is 0 Å². The van der Waals surface area contributed by atoms with Crippen molar-refractivity contribution >= 4 is 6.08 Å². The minimum atomic E-state index is -4.80. The van der Waals surface area contributed by atoms with E-state index in [1.165, 1.54) is 12.1 Å². The standard InChI is InChI=1S/C11H7F4NO/c12-8-3-1-2-7(9(8)11(13,14)15)10(4-5-10)16-6-17/h1-3H,4-5H2. The maximum atomic E-state index is 13.3. The van der Waals surface area contributed by atoms with E-state index in [4.69, 9.17) is 0 Å². The summed E-state index contributed by atoms with van der Waals surface area (Å²) in [5, 5.41) is 0. The molecular weight excluding hydrogens is 238 g/mol. The third-order valence-corrected chi connectivity index (χ3v) is 2.78. The normalized spacial score (nSPS) is 17.4. The highest BCUT2D eigenvalue weighted by atomic mass is 19.4. The van der Waals surface area contributed by atoms with Crippen molar-refractivity contribution in [2.24, 2.45) is 4.99 Å². The summed E-state index contributed by atoms with van der Waals surface area (Å²) < 4.78 is 51.5. The molecule has 0 unspecified atom stereocenters. The second-order valence-electron chi connectivity index (χ2n) is 3.89. The maximum Gasteiger partial charge on any atom is 0.419 e. The average molecular weight is 245 g/mol. The van der Waals surface area contributed by atoms with E-state index in [9.17, 15) is 22.4 Å². The fourth-order valence-corrected chi connectivity index (χ4v) is 1.85. The number of aliphatic imine (C=N–C) groups is 1. The van der Waals surface area contributed by atoms with Crippen molar-refractivity contribution in [3.05, 3.63) is 35.1 Å². The zero-order valence-corrected chi connectivity index (χ0v) is 8.51. The van der Waals surface area contributed by atoms with Gasteiger partial charge < -0.3 is 0 Å². The quantitative estimate of drug-likeness (QED) is 0.447. The number of hydrogen-bond acceptors (Lipinski definition) is 2. The summed E-state index contributed by atoms with van der Waals surface area (Å²) in [7, 11) is 0. The lowest BCUT2D eigenvalue weighted by atomic mass is 9.98. The Morgan fingerprint density at radius 1 is 1.29 bits per heavy atom. The molecule has 0 saturated heterocycles. The van der Waals surface area contributed by atoms with E-state index >= 15 is 0 Å². The van der Waals surface area contributed by atoms with Gasteiger partial charge in [-0.1, -0.05) is 12.1 Å². The van der Waals surface area contributed by atoms with Gasteiger partial charge in [0.15, 0.2) is 0 Å². The molecule has 1 aromatic rings. The number of isocyanates is 1. The molecule has 6 heteroatoms. The van der Waals surface area contributed by atoms with E-state index in [2.05, 4.69) is 4.99 Å². The number of alkyl halides is 3. The number of carbonyl (C=O) groups excluding carboxylic acids is 1. The summed E-state index contributed by atoms with van der Waals surface area (Å²) in [6, 6.07) is 3.08. The van der Waals surface area contributed by atoms with Crippen LogP contribution in [-0.4, -0.2) is 6.08 Å². The Morgan fingerprint density at radius 2 is 1.94 bits per heavy atom. The largest absolute Gasteiger partial charge is 0.419 e. The summed E-state index contributed by atoms with van der Waals surface area (Å²) in [5.41, 5.74) is -2.85. The molecule has 1 fully saturated rings. The van der Waals surface area contributed by atoms with E-state index in [1.54, 1.807) is 0 Å². The number of nitrogens with zero attached hydrogens (tertiary/aromatic N) is 1. The maximum absolute atomic E-state index is 13.3. The van der Waals surface area contributed by atoms with Crippen molar-refractivity contribution in [1.29, 1.82) is 0 Å². The Hall–Kier alpha value is -1.68. The molecule has 0 spiro atoms. The summed E-state index contributed by atoms with van der Waals surface area (Å²) in [6.45, 7) is 0. The first-order valence-electron chi connectivity index (χ1n) is 4.86. The molecule has 1 saturated carbocycles. The molecule has 1 aliphatic rings. The molecule has 17 heavy (non-hydrogen) atoms. The Labute approximate surface area is 94.0 Å². The van der Waals surface area contributed by atoms with E-state index in [0.29, 0.717) is 12.8 Å². The molecule has 0 bridgehead atoms. The van der Waals surface area contributed by atoms with Gasteiger partial charge in [0.1, 0.15) is 5.82 Å². The summed E-state index contributed by atoms with van der Waals surface area (Å²) >= 11 is 0. The fourth-order valence-electron chi connectivity index (χ4n) is 1.85. The highest BCUT2D eigenvalue weighted by molar-refractivity contribution is 5.45. The van der Waals surface area contributed by atoms with Crippen molar-refractivity contribution in [2.45, 2.75) is 24.6 Å². The van der Waals surface area contributed by atoms with Crippen LogP contribution >= 0.6 is 0 Å². The third kappa shape index (κ3) is 1.96. The van der Waals surface area contributed by atoms with Gasteiger partial charge in [-0.05, 0) is 24.5 Å². The van der Waals surface area contributed by atoms with Gasteiger partial charge in [0.2, 0.25) is 6.08 Å². The molecule has 2 nitrogen and oxygen atoms in total. The number of halogens is 4. The van der Waals surface area contributed by atoms with Gasteiger partial charge >= 0.3 is 6.18 Å². The summed E-state index contributed by atoms with van der Waals surface area (Å²) in [6.07, 6.45) is -2.94. The Morgan fingerprint density at radius 3 is 2.41 bits per heavy atom. The van der Waals surface area contributed by atoms with Crippen LogP contribution in [0.2, 0.25) is 0 Å².